The standard InChI is InChI=1S/C14H20Cl2N2/c1-10-5-3-4-6-13(10)18(2)14-12(16)7-11(8-15)9-17-14/h7,9-10,13H,3-6,8H2,1-2H3. The van der Waals surface area contributed by atoms with Gasteiger partial charge in [-0.25, -0.2) is 4.98 Å². The Labute approximate surface area is 119 Å². The fraction of sp³-hybridized carbons (Fsp3) is 0.643. The maximum absolute atomic E-state index is 6.31. The molecule has 0 radical (unpaired) electrons. The van der Waals surface area contributed by atoms with Gasteiger partial charge in [0.2, 0.25) is 0 Å². The van der Waals surface area contributed by atoms with Crippen LogP contribution in [0.5, 0.6) is 0 Å². The maximum atomic E-state index is 6.31. The lowest BCUT2D eigenvalue weighted by atomic mass is 9.85. The van der Waals surface area contributed by atoms with E-state index in [2.05, 4.69) is 23.9 Å². The molecule has 0 saturated heterocycles. The van der Waals surface area contributed by atoms with Gasteiger partial charge in [-0.2, -0.15) is 0 Å². The van der Waals surface area contributed by atoms with E-state index in [1.54, 1.807) is 0 Å². The zero-order valence-corrected chi connectivity index (χ0v) is 12.5. The number of anilines is 1. The van der Waals surface area contributed by atoms with Gasteiger partial charge in [0.25, 0.3) is 0 Å². The number of hydrogen-bond donors (Lipinski definition) is 0. The summed E-state index contributed by atoms with van der Waals surface area (Å²) in [7, 11) is 2.10. The molecule has 1 aromatic rings. The van der Waals surface area contributed by atoms with Gasteiger partial charge in [0.15, 0.2) is 0 Å². The van der Waals surface area contributed by atoms with Gasteiger partial charge in [0.1, 0.15) is 5.82 Å². The molecule has 2 unspecified atom stereocenters. The molecule has 1 heterocycles. The van der Waals surface area contributed by atoms with Crippen molar-refractivity contribution >= 4 is 29.0 Å². The van der Waals surface area contributed by atoms with E-state index in [0.717, 1.165) is 11.4 Å². The molecule has 2 nitrogen and oxygen atoms in total. The van der Waals surface area contributed by atoms with Crippen molar-refractivity contribution in [2.75, 3.05) is 11.9 Å². The summed E-state index contributed by atoms with van der Waals surface area (Å²) in [6, 6.07) is 2.46. The van der Waals surface area contributed by atoms with Crippen LogP contribution in [0.25, 0.3) is 0 Å². The van der Waals surface area contributed by atoms with E-state index in [9.17, 15) is 0 Å². The molecule has 2 atom stereocenters. The monoisotopic (exact) mass is 286 g/mol. The summed E-state index contributed by atoms with van der Waals surface area (Å²) in [6.07, 6.45) is 6.99. The Morgan fingerprint density at radius 1 is 1.39 bits per heavy atom. The lowest BCUT2D eigenvalue weighted by Crippen LogP contribution is -2.39. The molecule has 100 valence electrons. The molecular formula is C14H20Cl2N2. The van der Waals surface area contributed by atoms with Gasteiger partial charge in [-0.15, -0.1) is 11.6 Å². The summed E-state index contributed by atoms with van der Waals surface area (Å²) in [5.74, 6) is 2.04. The molecule has 4 heteroatoms. The summed E-state index contributed by atoms with van der Waals surface area (Å²) >= 11 is 12.1. The van der Waals surface area contributed by atoms with Crippen LogP contribution in [0, 0.1) is 5.92 Å². The smallest absolute Gasteiger partial charge is 0.147 e. The minimum absolute atomic E-state index is 0.455. The van der Waals surface area contributed by atoms with Gasteiger partial charge in [-0.05, 0) is 30.4 Å². The Bertz CT molecular complexity index is 409. The van der Waals surface area contributed by atoms with E-state index in [1.807, 2.05) is 12.3 Å². The third-order valence-electron chi connectivity index (χ3n) is 3.93. The first-order valence-corrected chi connectivity index (χ1v) is 7.48. The summed E-state index contributed by atoms with van der Waals surface area (Å²) in [5.41, 5.74) is 0.968. The lowest BCUT2D eigenvalue weighted by molar-refractivity contribution is 0.320. The number of hydrogen-bond acceptors (Lipinski definition) is 2. The highest BCUT2D eigenvalue weighted by atomic mass is 35.5. The van der Waals surface area contributed by atoms with Crippen molar-refractivity contribution in [3.05, 3.63) is 22.8 Å². The first-order chi connectivity index (χ1) is 8.63. The normalized spacial score (nSPS) is 24.0. The van der Waals surface area contributed by atoms with Crippen LogP contribution in [0.3, 0.4) is 0 Å². The molecule has 1 aliphatic carbocycles. The summed E-state index contributed by atoms with van der Waals surface area (Å²) < 4.78 is 0. The Kier molecular flexibility index (Phi) is 4.74. The summed E-state index contributed by atoms with van der Waals surface area (Å²) in [4.78, 5) is 6.71. The predicted octanol–water partition coefficient (Wildman–Crippen LogP) is 4.49. The molecular weight excluding hydrogens is 267 g/mol. The van der Waals surface area contributed by atoms with Gasteiger partial charge in [-0.1, -0.05) is 31.4 Å². The summed E-state index contributed by atoms with van der Waals surface area (Å²) in [5, 5.41) is 0.702. The number of halogens is 2. The highest BCUT2D eigenvalue weighted by Crippen LogP contribution is 2.32. The molecule has 0 aromatic carbocycles. The van der Waals surface area contributed by atoms with Crippen molar-refractivity contribution in [1.29, 1.82) is 0 Å². The fourth-order valence-corrected chi connectivity index (χ4v) is 3.30. The molecule has 1 aromatic heterocycles. The van der Waals surface area contributed by atoms with E-state index < -0.39 is 0 Å². The van der Waals surface area contributed by atoms with Crippen molar-refractivity contribution in [3.63, 3.8) is 0 Å². The molecule has 18 heavy (non-hydrogen) atoms. The molecule has 1 saturated carbocycles. The van der Waals surface area contributed by atoms with Crippen molar-refractivity contribution in [2.45, 2.75) is 44.5 Å². The molecule has 0 spiro atoms. The molecule has 2 rings (SSSR count). The van der Waals surface area contributed by atoms with Crippen molar-refractivity contribution in [3.8, 4) is 0 Å². The zero-order valence-electron chi connectivity index (χ0n) is 11.0. The average molecular weight is 287 g/mol. The van der Waals surface area contributed by atoms with Crippen molar-refractivity contribution in [1.82, 2.24) is 4.98 Å². The topological polar surface area (TPSA) is 16.1 Å². The van der Waals surface area contributed by atoms with Crippen molar-refractivity contribution < 1.29 is 0 Å². The van der Waals surface area contributed by atoms with Crippen LogP contribution in [0.15, 0.2) is 12.3 Å². The first-order valence-electron chi connectivity index (χ1n) is 6.56. The predicted molar refractivity (Wildman–Crippen MR) is 78.6 cm³/mol. The number of rotatable bonds is 3. The minimum atomic E-state index is 0.455. The van der Waals surface area contributed by atoms with E-state index in [1.165, 1.54) is 25.7 Å². The molecule has 1 fully saturated rings. The van der Waals surface area contributed by atoms with Gasteiger partial charge < -0.3 is 4.90 Å². The van der Waals surface area contributed by atoms with Crippen LogP contribution in [0.2, 0.25) is 5.02 Å². The Morgan fingerprint density at radius 2 is 2.11 bits per heavy atom. The number of alkyl halides is 1. The second-order valence-corrected chi connectivity index (χ2v) is 5.90. The second-order valence-electron chi connectivity index (χ2n) is 5.22. The van der Waals surface area contributed by atoms with Crippen LogP contribution in [0.4, 0.5) is 5.82 Å². The quantitative estimate of drug-likeness (QED) is 0.761. The lowest BCUT2D eigenvalue weighted by Gasteiger charge is -2.37. The third-order valence-corrected chi connectivity index (χ3v) is 4.52. The van der Waals surface area contributed by atoms with Gasteiger partial charge in [0, 0.05) is 25.2 Å². The SMILES string of the molecule is CC1CCCCC1N(C)c1ncc(CCl)cc1Cl. The number of nitrogens with zero attached hydrogens (tertiary/aromatic N) is 2. The highest BCUT2D eigenvalue weighted by Gasteiger charge is 2.26. The molecule has 1 aliphatic rings. The van der Waals surface area contributed by atoms with Crippen molar-refractivity contribution in [2.24, 2.45) is 5.92 Å². The molecule has 0 aliphatic heterocycles. The first kappa shape index (κ1) is 14.0. The van der Waals surface area contributed by atoms with E-state index in [0.29, 0.717) is 22.9 Å². The minimum Gasteiger partial charge on any atom is -0.355 e. The summed E-state index contributed by atoms with van der Waals surface area (Å²) in [6.45, 7) is 2.32. The Balaban J connectivity index is 2.19. The Morgan fingerprint density at radius 3 is 2.72 bits per heavy atom. The van der Waals surface area contributed by atoms with Gasteiger partial charge in [0.05, 0.1) is 5.02 Å². The van der Waals surface area contributed by atoms with Crippen LogP contribution in [-0.4, -0.2) is 18.1 Å². The van der Waals surface area contributed by atoms with Crippen LogP contribution in [0.1, 0.15) is 38.2 Å². The zero-order chi connectivity index (χ0) is 13.1. The fourth-order valence-electron chi connectivity index (χ4n) is 2.83. The van der Waals surface area contributed by atoms with Gasteiger partial charge >= 0.3 is 0 Å². The van der Waals surface area contributed by atoms with Crippen LogP contribution < -0.4 is 4.90 Å². The molecule has 0 bridgehead atoms. The number of aromatic nitrogens is 1. The van der Waals surface area contributed by atoms with E-state index >= 15 is 0 Å². The largest absolute Gasteiger partial charge is 0.355 e. The number of pyridine rings is 1. The van der Waals surface area contributed by atoms with E-state index in [-0.39, 0.29) is 0 Å². The molecule has 0 amide bonds. The maximum Gasteiger partial charge on any atom is 0.147 e. The van der Waals surface area contributed by atoms with E-state index in [4.69, 9.17) is 23.2 Å². The van der Waals surface area contributed by atoms with Crippen LogP contribution >= 0.6 is 23.2 Å². The van der Waals surface area contributed by atoms with Gasteiger partial charge in [-0.3, -0.25) is 0 Å². The van der Waals surface area contributed by atoms with Crippen LogP contribution in [-0.2, 0) is 5.88 Å². The average Bonchev–Trinajstić information content (AvgIpc) is 2.38. The second kappa shape index (κ2) is 6.12. The Hall–Kier alpha value is -0.470. The highest BCUT2D eigenvalue weighted by molar-refractivity contribution is 6.33. The third kappa shape index (κ3) is 2.92. The molecule has 0 N–H and O–H groups in total.